The van der Waals surface area contributed by atoms with E-state index in [1.807, 2.05) is 40.7 Å². The number of nitrogens with one attached hydrogen (secondary N) is 1. The molecule has 0 aliphatic rings. The highest BCUT2D eigenvalue weighted by atomic mass is 16.5. The Morgan fingerprint density at radius 2 is 2.09 bits per heavy atom. The standard InChI is InChI=1S/C17H25N3O3/c1-10(2)14-9-13(15-12(5)20-23-17(15)19-14)16(21)18-7-6-8-22-11(3)4/h9-11H,6-8H2,1-5H3,(H,18,21). The van der Waals surface area contributed by atoms with E-state index in [1.54, 1.807) is 0 Å². The molecular weight excluding hydrogens is 294 g/mol. The minimum absolute atomic E-state index is 0.129. The fraction of sp³-hybridized carbons (Fsp3) is 0.588. The molecular formula is C17H25N3O3. The van der Waals surface area contributed by atoms with E-state index in [2.05, 4.69) is 15.5 Å². The molecule has 126 valence electrons. The van der Waals surface area contributed by atoms with Crippen molar-refractivity contribution in [3.05, 3.63) is 23.0 Å². The summed E-state index contributed by atoms with van der Waals surface area (Å²) in [5.41, 5.74) is 2.49. The van der Waals surface area contributed by atoms with Crippen LogP contribution in [0.4, 0.5) is 0 Å². The number of hydrogen-bond acceptors (Lipinski definition) is 5. The first-order chi connectivity index (χ1) is 10.9. The van der Waals surface area contributed by atoms with Crippen LogP contribution in [-0.2, 0) is 4.74 Å². The second-order valence-corrected chi connectivity index (χ2v) is 6.23. The zero-order valence-corrected chi connectivity index (χ0v) is 14.5. The number of carbonyl (C=O) groups is 1. The maximum atomic E-state index is 12.5. The molecule has 23 heavy (non-hydrogen) atoms. The molecule has 0 aromatic carbocycles. The van der Waals surface area contributed by atoms with Gasteiger partial charge in [-0.05, 0) is 39.2 Å². The number of nitrogens with zero attached hydrogens (tertiary/aromatic N) is 2. The minimum Gasteiger partial charge on any atom is -0.379 e. The molecule has 0 atom stereocenters. The molecule has 0 aliphatic heterocycles. The van der Waals surface area contributed by atoms with Crippen molar-refractivity contribution in [3.8, 4) is 0 Å². The first-order valence-corrected chi connectivity index (χ1v) is 8.07. The number of carbonyl (C=O) groups excluding carboxylic acids is 1. The molecule has 1 N–H and O–H groups in total. The number of rotatable bonds is 7. The van der Waals surface area contributed by atoms with Gasteiger partial charge in [0.1, 0.15) is 0 Å². The zero-order valence-electron chi connectivity index (χ0n) is 14.5. The van der Waals surface area contributed by atoms with Gasteiger partial charge in [-0.25, -0.2) is 4.98 Å². The number of ether oxygens (including phenoxy) is 1. The average molecular weight is 319 g/mol. The van der Waals surface area contributed by atoms with E-state index in [9.17, 15) is 4.79 Å². The maximum absolute atomic E-state index is 12.5. The lowest BCUT2D eigenvalue weighted by Crippen LogP contribution is -2.26. The fourth-order valence-electron chi connectivity index (χ4n) is 2.28. The summed E-state index contributed by atoms with van der Waals surface area (Å²) in [5, 5.41) is 7.55. The lowest BCUT2D eigenvalue weighted by molar-refractivity contribution is 0.0757. The molecule has 2 rings (SSSR count). The Morgan fingerprint density at radius 1 is 1.35 bits per heavy atom. The Bertz CT molecular complexity index is 677. The molecule has 0 spiro atoms. The summed E-state index contributed by atoms with van der Waals surface area (Å²) >= 11 is 0. The largest absolute Gasteiger partial charge is 0.379 e. The third-order valence-electron chi connectivity index (χ3n) is 3.53. The van der Waals surface area contributed by atoms with E-state index < -0.39 is 0 Å². The van der Waals surface area contributed by atoms with Gasteiger partial charge < -0.3 is 14.6 Å². The van der Waals surface area contributed by atoms with E-state index in [1.165, 1.54) is 0 Å². The van der Waals surface area contributed by atoms with Gasteiger partial charge in [0.05, 0.1) is 22.7 Å². The topological polar surface area (TPSA) is 77.2 Å². The first-order valence-electron chi connectivity index (χ1n) is 8.07. The molecule has 6 nitrogen and oxygen atoms in total. The average Bonchev–Trinajstić information content (AvgIpc) is 2.87. The number of fused-ring (bicyclic) bond motifs is 1. The summed E-state index contributed by atoms with van der Waals surface area (Å²) in [6.07, 6.45) is 0.983. The third kappa shape index (κ3) is 4.28. The summed E-state index contributed by atoms with van der Waals surface area (Å²) in [6.45, 7) is 11.1. The lowest BCUT2D eigenvalue weighted by Gasteiger charge is -2.10. The summed E-state index contributed by atoms with van der Waals surface area (Å²) in [6, 6.07) is 1.83. The molecule has 2 aromatic heterocycles. The van der Waals surface area contributed by atoms with Gasteiger partial charge >= 0.3 is 0 Å². The second-order valence-electron chi connectivity index (χ2n) is 6.23. The molecule has 0 fully saturated rings. The normalized spacial score (nSPS) is 11.6. The second kappa shape index (κ2) is 7.55. The molecule has 0 aliphatic carbocycles. The SMILES string of the molecule is Cc1noc2nc(C(C)C)cc(C(=O)NCCCOC(C)C)c12. The van der Waals surface area contributed by atoms with Crippen LogP contribution < -0.4 is 5.32 Å². The molecule has 1 amide bonds. The van der Waals surface area contributed by atoms with Crippen molar-refractivity contribution in [2.45, 2.75) is 53.1 Å². The van der Waals surface area contributed by atoms with Crippen molar-refractivity contribution in [2.24, 2.45) is 0 Å². The highest BCUT2D eigenvalue weighted by Gasteiger charge is 2.19. The van der Waals surface area contributed by atoms with Gasteiger partial charge in [-0.3, -0.25) is 4.79 Å². The number of pyridine rings is 1. The van der Waals surface area contributed by atoms with E-state index in [4.69, 9.17) is 9.26 Å². The van der Waals surface area contributed by atoms with Crippen LogP contribution in [0.3, 0.4) is 0 Å². The van der Waals surface area contributed by atoms with Gasteiger partial charge in [0, 0.05) is 18.8 Å². The van der Waals surface area contributed by atoms with Crippen LogP contribution in [0.25, 0.3) is 11.1 Å². The predicted octanol–water partition coefficient (Wildman–Crippen LogP) is 3.20. The summed E-state index contributed by atoms with van der Waals surface area (Å²) in [5.74, 6) is 0.0749. The van der Waals surface area contributed by atoms with E-state index in [-0.39, 0.29) is 17.9 Å². The highest BCUT2D eigenvalue weighted by Crippen LogP contribution is 2.24. The van der Waals surface area contributed by atoms with E-state index >= 15 is 0 Å². The smallest absolute Gasteiger partial charge is 0.259 e. The van der Waals surface area contributed by atoms with Gasteiger partial charge in [0.25, 0.3) is 11.6 Å². The third-order valence-corrected chi connectivity index (χ3v) is 3.53. The summed E-state index contributed by atoms with van der Waals surface area (Å²) in [4.78, 5) is 17.0. The van der Waals surface area contributed by atoms with Crippen molar-refractivity contribution in [1.29, 1.82) is 0 Å². The fourth-order valence-corrected chi connectivity index (χ4v) is 2.28. The van der Waals surface area contributed by atoms with Crippen LogP contribution in [0, 0.1) is 6.92 Å². The molecule has 0 unspecified atom stereocenters. The molecule has 0 radical (unpaired) electrons. The predicted molar refractivity (Wildman–Crippen MR) is 88.7 cm³/mol. The molecule has 2 aromatic rings. The van der Waals surface area contributed by atoms with Crippen molar-refractivity contribution in [2.75, 3.05) is 13.2 Å². The van der Waals surface area contributed by atoms with Crippen molar-refractivity contribution >= 4 is 17.0 Å². The van der Waals surface area contributed by atoms with Gasteiger partial charge in [0.15, 0.2) is 0 Å². The quantitative estimate of drug-likeness (QED) is 0.793. The van der Waals surface area contributed by atoms with Crippen LogP contribution >= 0.6 is 0 Å². The maximum Gasteiger partial charge on any atom is 0.259 e. The van der Waals surface area contributed by atoms with Gasteiger partial charge in [0.2, 0.25) is 0 Å². The highest BCUT2D eigenvalue weighted by molar-refractivity contribution is 6.06. The van der Waals surface area contributed by atoms with Crippen molar-refractivity contribution < 1.29 is 14.1 Å². The van der Waals surface area contributed by atoms with Crippen molar-refractivity contribution in [1.82, 2.24) is 15.5 Å². The van der Waals surface area contributed by atoms with Gasteiger partial charge in [-0.1, -0.05) is 19.0 Å². The summed E-state index contributed by atoms with van der Waals surface area (Å²) in [7, 11) is 0. The van der Waals surface area contributed by atoms with Crippen LogP contribution in [0.15, 0.2) is 10.6 Å². The molecule has 0 saturated heterocycles. The number of hydrogen-bond donors (Lipinski definition) is 1. The Morgan fingerprint density at radius 3 is 2.74 bits per heavy atom. The minimum atomic E-state index is -0.129. The van der Waals surface area contributed by atoms with Crippen LogP contribution in [-0.4, -0.2) is 35.3 Å². The molecule has 2 heterocycles. The van der Waals surface area contributed by atoms with E-state index in [0.29, 0.717) is 35.5 Å². The Kier molecular flexibility index (Phi) is 5.71. The first kappa shape index (κ1) is 17.4. The van der Waals surface area contributed by atoms with Crippen molar-refractivity contribution in [3.63, 3.8) is 0 Å². The van der Waals surface area contributed by atoms with Crippen LogP contribution in [0.5, 0.6) is 0 Å². The van der Waals surface area contributed by atoms with Gasteiger partial charge in [-0.2, -0.15) is 0 Å². The van der Waals surface area contributed by atoms with Crippen LogP contribution in [0.2, 0.25) is 0 Å². The number of aromatic nitrogens is 2. The number of amides is 1. The van der Waals surface area contributed by atoms with Gasteiger partial charge in [-0.15, -0.1) is 0 Å². The van der Waals surface area contributed by atoms with E-state index in [0.717, 1.165) is 12.1 Å². The molecule has 6 heteroatoms. The number of aryl methyl sites for hydroxylation is 1. The Hall–Kier alpha value is -1.95. The molecule has 0 bridgehead atoms. The molecule has 0 saturated carbocycles. The summed E-state index contributed by atoms with van der Waals surface area (Å²) < 4.78 is 10.7. The monoisotopic (exact) mass is 319 g/mol. The zero-order chi connectivity index (χ0) is 17.0. The Balaban J connectivity index is 2.14. The Labute approximate surface area is 136 Å². The lowest BCUT2D eigenvalue weighted by atomic mass is 10.0. The van der Waals surface area contributed by atoms with Crippen LogP contribution in [0.1, 0.15) is 61.8 Å².